The third-order valence-electron chi connectivity index (χ3n) is 3.38. The van der Waals surface area contributed by atoms with Crippen LogP contribution in [0.5, 0.6) is 0 Å². The Morgan fingerprint density at radius 1 is 1.19 bits per heavy atom. The lowest BCUT2D eigenvalue weighted by atomic mass is 10.1. The minimum atomic E-state index is -4.53. The van der Waals surface area contributed by atoms with E-state index in [0.29, 0.717) is 17.5 Å². The first-order valence-corrected chi connectivity index (χ1v) is 7.64. The van der Waals surface area contributed by atoms with Crippen LogP contribution in [-0.4, -0.2) is 23.0 Å². The van der Waals surface area contributed by atoms with Gasteiger partial charge in [0.05, 0.1) is 10.6 Å². The highest BCUT2D eigenvalue weighted by Gasteiger charge is 2.32. The maximum Gasteiger partial charge on any atom is 0.417 e. The first-order valence-electron chi connectivity index (χ1n) is 7.27. The second kappa shape index (κ2) is 7.17. The fourth-order valence-electron chi connectivity index (χ4n) is 2.21. The Morgan fingerprint density at radius 3 is 2.54 bits per heavy atom. The molecule has 0 saturated carbocycles. The van der Waals surface area contributed by atoms with Gasteiger partial charge in [-0.25, -0.2) is 0 Å². The van der Waals surface area contributed by atoms with Gasteiger partial charge < -0.3 is 9.36 Å². The van der Waals surface area contributed by atoms with Crippen LogP contribution in [0.3, 0.4) is 0 Å². The Hall–Kier alpha value is -2.87. The summed E-state index contributed by atoms with van der Waals surface area (Å²) in [4.78, 5) is 8.60. The molecule has 2 heterocycles. The first-order chi connectivity index (χ1) is 12.4. The predicted molar refractivity (Wildman–Crippen MR) is 88.8 cm³/mol. The van der Waals surface area contributed by atoms with E-state index < -0.39 is 11.7 Å². The van der Waals surface area contributed by atoms with E-state index in [1.165, 1.54) is 13.2 Å². The molecule has 0 radical (unpaired) electrons. The van der Waals surface area contributed by atoms with Gasteiger partial charge in [-0.1, -0.05) is 52.2 Å². The maximum absolute atomic E-state index is 12.7. The minimum Gasteiger partial charge on any atom is -0.399 e. The van der Waals surface area contributed by atoms with Crippen LogP contribution in [0.4, 0.5) is 13.2 Å². The van der Waals surface area contributed by atoms with Gasteiger partial charge in [-0.2, -0.15) is 13.2 Å². The monoisotopic (exact) mass is 381 g/mol. The molecular formula is C17H11ClF3N3O2. The van der Waals surface area contributed by atoms with Gasteiger partial charge in [-0.15, -0.1) is 0 Å². The summed E-state index contributed by atoms with van der Waals surface area (Å²) in [5, 5.41) is 7.56. The molecule has 3 rings (SSSR count). The van der Waals surface area contributed by atoms with Crippen molar-refractivity contribution in [1.82, 2.24) is 10.1 Å². The van der Waals surface area contributed by atoms with Gasteiger partial charge in [-0.3, -0.25) is 4.98 Å². The molecule has 0 N–H and O–H groups in total. The van der Waals surface area contributed by atoms with Crippen molar-refractivity contribution in [3.8, 4) is 11.4 Å². The van der Waals surface area contributed by atoms with E-state index in [2.05, 4.69) is 15.3 Å². The maximum atomic E-state index is 12.7. The van der Waals surface area contributed by atoms with Gasteiger partial charge >= 0.3 is 6.18 Å². The average molecular weight is 382 g/mol. The first kappa shape index (κ1) is 17.9. The summed E-state index contributed by atoms with van der Waals surface area (Å²) < 4.78 is 43.4. The molecule has 0 atom stereocenters. The van der Waals surface area contributed by atoms with Crippen molar-refractivity contribution in [2.75, 3.05) is 7.11 Å². The topological polar surface area (TPSA) is 60.5 Å². The molecule has 0 aliphatic carbocycles. The van der Waals surface area contributed by atoms with E-state index in [0.717, 1.165) is 6.07 Å². The standard InChI is InChI=1S/C17H11ClF3N3O2/c1-25-24-15(10-5-3-2-4-6-10)14-8-13(23-26-14)16-12(18)7-11(9-22-16)17(19,20)21/h2-9H,1H3. The zero-order chi connectivity index (χ0) is 18.7. The van der Waals surface area contributed by atoms with Crippen LogP contribution >= 0.6 is 11.6 Å². The van der Waals surface area contributed by atoms with E-state index in [9.17, 15) is 13.2 Å². The summed E-state index contributed by atoms with van der Waals surface area (Å²) in [7, 11) is 1.38. The third-order valence-corrected chi connectivity index (χ3v) is 3.67. The van der Waals surface area contributed by atoms with E-state index in [4.69, 9.17) is 21.0 Å². The van der Waals surface area contributed by atoms with E-state index in [-0.39, 0.29) is 22.2 Å². The predicted octanol–water partition coefficient (Wildman–Crippen LogP) is 4.81. The summed E-state index contributed by atoms with van der Waals surface area (Å²) in [6, 6.07) is 11.3. The third kappa shape index (κ3) is 3.70. The van der Waals surface area contributed by atoms with Crippen molar-refractivity contribution in [1.29, 1.82) is 0 Å². The number of alkyl halides is 3. The number of rotatable bonds is 4. The fraction of sp³-hybridized carbons (Fsp3) is 0.118. The van der Waals surface area contributed by atoms with Crippen LogP contribution in [0.15, 0.2) is 58.3 Å². The Balaban J connectivity index is 1.98. The molecule has 0 amide bonds. The van der Waals surface area contributed by atoms with Crippen molar-refractivity contribution < 1.29 is 22.5 Å². The smallest absolute Gasteiger partial charge is 0.399 e. The zero-order valence-corrected chi connectivity index (χ0v) is 14.0. The van der Waals surface area contributed by atoms with Gasteiger partial charge in [0.25, 0.3) is 0 Å². The number of aromatic nitrogens is 2. The Bertz CT molecular complexity index is 940. The van der Waals surface area contributed by atoms with Crippen LogP contribution in [0.2, 0.25) is 5.02 Å². The highest BCUT2D eigenvalue weighted by Crippen LogP contribution is 2.34. The highest BCUT2D eigenvalue weighted by molar-refractivity contribution is 6.33. The van der Waals surface area contributed by atoms with Gasteiger partial charge in [0, 0.05) is 17.8 Å². The molecular weight excluding hydrogens is 371 g/mol. The summed E-state index contributed by atoms with van der Waals surface area (Å²) in [6.07, 6.45) is -3.84. The number of pyridine rings is 1. The summed E-state index contributed by atoms with van der Waals surface area (Å²) >= 11 is 5.94. The number of oxime groups is 1. The van der Waals surface area contributed by atoms with Crippen LogP contribution in [0.1, 0.15) is 16.9 Å². The lowest BCUT2D eigenvalue weighted by molar-refractivity contribution is -0.137. The molecule has 0 aliphatic heterocycles. The quantitative estimate of drug-likeness (QED) is 0.480. The van der Waals surface area contributed by atoms with Crippen molar-refractivity contribution in [3.63, 3.8) is 0 Å². The van der Waals surface area contributed by atoms with Gasteiger partial charge in [-0.05, 0) is 6.07 Å². The van der Waals surface area contributed by atoms with E-state index in [1.807, 2.05) is 18.2 Å². The molecule has 134 valence electrons. The minimum absolute atomic E-state index is 0.0690. The second-order valence-corrected chi connectivity index (χ2v) is 5.52. The lowest BCUT2D eigenvalue weighted by Gasteiger charge is -2.07. The van der Waals surface area contributed by atoms with Crippen LogP contribution in [0, 0.1) is 0 Å². The van der Waals surface area contributed by atoms with Crippen molar-refractivity contribution in [3.05, 3.63) is 70.6 Å². The Labute approximate surface area is 151 Å². The summed E-state index contributed by atoms with van der Waals surface area (Å²) in [6.45, 7) is 0. The number of benzene rings is 1. The lowest BCUT2D eigenvalue weighted by Crippen LogP contribution is -2.05. The summed E-state index contributed by atoms with van der Waals surface area (Å²) in [5.41, 5.74) is 0.386. The fourth-order valence-corrected chi connectivity index (χ4v) is 2.47. The normalized spacial score (nSPS) is 12.3. The van der Waals surface area contributed by atoms with Crippen LogP contribution in [0.25, 0.3) is 11.4 Å². The molecule has 0 aliphatic rings. The highest BCUT2D eigenvalue weighted by atomic mass is 35.5. The van der Waals surface area contributed by atoms with Crippen molar-refractivity contribution in [2.45, 2.75) is 6.18 Å². The molecule has 0 spiro atoms. The van der Waals surface area contributed by atoms with Crippen LogP contribution < -0.4 is 0 Å². The van der Waals surface area contributed by atoms with Crippen LogP contribution in [-0.2, 0) is 11.0 Å². The molecule has 1 aromatic carbocycles. The zero-order valence-electron chi connectivity index (χ0n) is 13.3. The number of nitrogens with zero attached hydrogens (tertiary/aromatic N) is 3. The molecule has 0 unspecified atom stereocenters. The van der Waals surface area contributed by atoms with Gasteiger partial charge in [0.2, 0.25) is 0 Å². The largest absolute Gasteiger partial charge is 0.417 e. The molecule has 9 heteroatoms. The SMILES string of the molecule is CON=C(c1ccccc1)c1cc(-c2ncc(C(F)(F)F)cc2Cl)no1. The Kier molecular flexibility index (Phi) is 4.94. The molecule has 3 aromatic rings. The molecule has 0 fully saturated rings. The number of hydrogen-bond acceptors (Lipinski definition) is 5. The molecule has 0 saturated heterocycles. The van der Waals surface area contributed by atoms with Gasteiger partial charge in [0.1, 0.15) is 18.5 Å². The molecule has 2 aromatic heterocycles. The average Bonchev–Trinajstić information content (AvgIpc) is 3.09. The van der Waals surface area contributed by atoms with E-state index >= 15 is 0 Å². The second-order valence-electron chi connectivity index (χ2n) is 5.12. The summed E-state index contributed by atoms with van der Waals surface area (Å²) in [5.74, 6) is 0.255. The Morgan fingerprint density at radius 2 is 1.92 bits per heavy atom. The van der Waals surface area contributed by atoms with E-state index in [1.54, 1.807) is 12.1 Å². The molecule has 26 heavy (non-hydrogen) atoms. The number of halogens is 4. The molecule has 5 nitrogen and oxygen atoms in total. The molecule has 0 bridgehead atoms. The van der Waals surface area contributed by atoms with Crippen molar-refractivity contribution in [2.24, 2.45) is 5.16 Å². The van der Waals surface area contributed by atoms with Gasteiger partial charge in [0.15, 0.2) is 11.5 Å². The van der Waals surface area contributed by atoms with Crippen molar-refractivity contribution >= 4 is 17.3 Å². The number of hydrogen-bond donors (Lipinski definition) is 0.